The van der Waals surface area contributed by atoms with Crippen LogP contribution in [0.5, 0.6) is 0 Å². The molecule has 0 fully saturated rings. The van der Waals surface area contributed by atoms with Crippen LogP contribution in [0.1, 0.15) is 12.8 Å². The van der Waals surface area contributed by atoms with Crippen molar-refractivity contribution in [2.75, 3.05) is 13.7 Å². The lowest BCUT2D eigenvalue weighted by molar-refractivity contribution is -0.108. The highest BCUT2D eigenvalue weighted by Crippen LogP contribution is 1.91. The average Bonchev–Trinajstić information content (AvgIpc) is 1.91. The first-order chi connectivity index (χ1) is 4.35. The third kappa shape index (κ3) is 4.12. The molecule has 0 radical (unpaired) electrons. The Labute approximate surface area is 55.1 Å². The lowest BCUT2D eigenvalue weighted by Crippen LogP contribution is -2.28. The molecular formula is C6H13NO2. The van der Waals surface area contributed by atoms with Crippen molar-refractivity contribution in [3.63, 3.8) is 0 Å². The van der Waals surface area contributed by atoms with E-state index in [1.165, 1.54) is 0 Å². The summed E-state index contributed by atoms with van der Waals surface area (Å²) in [7, 11) is 1.77. The molecule has 0 aromatic heterocycles. The van der Waals surface area contributed by atoms with Gasteiger partial charge in [-0.2, -0.15) is 0 Å². The Morgan fingerprint density at radius 1 is 1.78 bits per heavy atom. The molecule has 0 bridgehead atoms. The van der Waals surface area contributed by atoms with E-state index in [0.717, 1.165) is 12.7 Å². The summed E-state index contributed by atoms with van der Waals surface area (Å²) in [6.45, 7) is 0.102. The maximum Gasteiger partial charge on any atom is 0.120 e. The fraction of sp³-hybridized carbons (Fsp3) is 0.833. The van der Waals surface area contributed by atoms with E-state index in [9.17, 15) is 4.79 Å². The Balaban J connectivity index is 3.19. The molecule has 0 aliphatic heterocycles. The molecular weight excluding hydrogens is 118 g/mol. The highest BCUT2D eigenvalue weighted by atomic mass is 16.3. The van der Waals surface area contributed by atoms with Crippen LogP contribution in [0.4, 0.5) is 0 Å². The second kappa shape index (κ2) is 5.72. The first-order valence-electron chi connectivity index (χ1n) is 3.07. The van der Waals surface area contributed by atoms with Crippen LogP contribution in [-0.2, 0) is 4.79 Å². The van der Waals surface area contributed by atoms with E-state index < -0.39 is 0 Å². The van der Waals surface area contributed by atoms with Crippen molar-refractivity contribution in [2.45, 2.75) is 18.9 Å². The van der Waals surface area contributed by atoms with Crippen LogP contribution in [0, 0.1) is 0 Å². The molecule has 0 amide bonds. The normalized spacial score (nSPS) is 13.1. The maximum absolute atomic E-state index is 9.83. The largest absolute Gasteiger partial charge is 0.395 e. The van der Waals surface area contributed by atoms with Crippen molar-refractivity contribution in [3.8, 4) is 0 Å². The smallest absolute Gasteiger partial charge is 0.120 e. The van der Waals surface area contributed by atoms with E-state index >= 15 is 0 Å². The molecule has 0 saturated carbocycles. The van der Waals surface area contributed by atoms with E-state index in [-0.39, 0.29) is 12.6 Å². The number of hydrogen-bond donors (Lipinski definition) is 2. The molecule has 0 saturated heterocycles. The highest BCUT2D eigenvalue weighted by molar-refractivity contribution is 5.49. The van der Waals surface area contributed by atoms with Crippen molar-refractivity contribution in [1.82, 2.24) is 5.32 Å². The minimum atomic E-state index is 0.0789. The summed E-state index contributed by atoms with van der Waals surface area (Å²) in [5.41, 5.74) is 0. The Morgan fingerprint density at radius 2 is 2.44 bits per heavy atom. The van der Waals surface area contributed by atoms with Gasteiger partial charge in [0.25, 0.3) is 0 Å². The van der Waals surface area contributed by atoms with Gasteiger partial charge in [-0.05, 0) is 13.5 Å². The molecule has 2 N–H and O–H groups in total. The van der Waals surface area contributed by atoms with E-state index in [2.05, 4.69) is 5.32 Å². The lowest BCUT2D eigenvalue weighted by Gasteiger charge is -2.09. The minimum Gasteiger partial charge on any atom is -0.395 e. The number of likely N-dealkylation sites (N-methyl/N-ethyl adjacent to an activating group) is 1. The number of carbonyl (C=O) groups is 1. The van der Waals surface area contributed by atoms with Crippen LogP contribution in [0.15, 0.2) is 0 Å². The number of aliphatic hydroxyl groups excluding tert-OH is 1. The molecule has 54 valence electrons. The standard InChI is InChI=1S/C6H13NO2/c1-7-6(5-9)3-2-4-8/h4,6-7,9H,2-3,5H2,1H3/t6-/m0/s1. The van der Waals surface area contributed by atoms with Gasteiger partial charge in [0, 0.05) is 12.5 Å². The summed E-state index contributed by atoms with van der Waals surface area (Å²) in [5, 5.41) is 11.5. The zero-order valence-corrected chi connectivity index (χ0v) is 5.63. The van der Waals surface area contributed by atoms with Crippen LogP contribution in [-0.4, -0.2) is 31.1 Å². The number of aldehydes is 1. The quantitative estimate of drug-likeness (QED) is 0.497. The number of aliphatic hydroxyl groups is 1. The Hall–Kier alpha value is -0.410. The van der Waals surface area contributed by atoms with Gasteiger partial charge in [0.1, 0.15) is 6.29 Å². The summed E-state index contributed by atoms with van der Waals surface area (Å²) in [6, 6.07) is 0.0789. The number of nitrogens with one attached hydrogen (secondary N) is 1. The summed E-state index contributed by atoms with van der Waals surface area (Å²) in [5.74, 6) is 0. The topological polar surface area (TPSA) is 49.3 Å². The molecule has 0 aliphatic carbocycles. The molecule has 9 heavy (non-hydrogen) atoms. The van der Waals surface area contributed by atoms with Gasteiger partial charge < -0.3 is 15.2 Å². The molecule has 0 rings (SSSR count). The van der Waals surface area contributed by atoms with Gasteiger partial charge in [-0.25, -0.2) is 0 Å². The molecule has 0 spiro atoms. The third-order valence-electron chi connectivity index (χ3n) is 1.26. The number of rotatable bonds is 5. The number of carbonyl (C=O) groups excluding carboxylic acids is 1. The minimum absolute atomic E-state index is 0.0789. The second-order valence-electron chi connectivity index (χ2n) is 1.91. The Kier molecular flexibility index (Phi) is 5.46. The van der Waals surface area contributed by atoms with E-state index in [0.29, 0.717) is 6.42 Å². The first-order valence-corrected chi connectivity index (χ1v) is 3.07. The van der Waals surface area contributed by atoms with E-state index in [4.69, 9.17) is 5.11 Å². The third-order valence-corrected chi connectivity index (χ3v) is 1.26. The van der Waals surface area contributed by atoms with Crippen molar-refractivity contribution in [2.24, 2.45) is 0 Å². The summed E-state index contributed by atoms with van der Waals surface area (Å²) >= 11 is 0. The number of hydrogen-bond acceptors (Lipinski definition) is 3. The fourth-order valence-corrected chi connectivity index (χ4v) is 0.596. The molecule has 0 unspecified atom stereocenters. The highest BCUT2D eigenvalue weighted by Gasteiger charge is 2.00. The predicted octanol–water partition coefficient (Wildman–Crippen LogP) is -0.454. The lowest BCUT2D eigenvalue weighted by atomic mass is 10.2. The molecule has 0 aliphatic rings. The zero-order valence-electron chi connectivity index (χ0n) is 5.63. The van der Waals surface area contributed by atoms with Gasteiger partial charge >= 0.3 is 0 Å². The van der Waals surface area contributed by atoms with Crippen LogP contribution in [0.25, 0.3) is 0 Å². The van der Waals surface area contributed by atoms with Crippen molar-refractivity contribution in [3.05, 3.63) is 0 Å². The van der Waals surface area contributed by atoms with Crippen molar-refractivity contribution < 1.29 is 9.90 Å². The molecule has 0 heterocycles. The SMILES string of the molecule is CN[C@H](CO)CCC=O. The monoisotopic (exact) mass is 131 g/mol. The average molecular weight is 131 g/mol. The van der Waals surface area contributed by atoms with Gasteiger partial charge in [-0.1, -0.05) is 0 Å². The molecule has 3 heteroatoms. The van der Waals surface area contributed by atoms with E-state index in [1.807, 2.05) is 0 Å². The van der Waals surface area contributed by atoms with Crippen LogP contribution < -0.4 is 5.32 Å². The summed E-state index contributed by atoms with van der Waals surface area (Å²) in [4.78, 5) is 9.83. The van der Waals surface area contributed by atoms with Crippen LogP contribution >= 0.6 is 0 Å². The van der Waals surface area contributed by atoms with Crippen LogP contribution in [0.2, 0.25) is 0 Å². The van der Waals surface area contributed by atoms with E-state index in [1.54, 1.807) is 7.05 Å². The summed E-state index contributed by atoms with van der Waals surface area (Å²) in [6.07, 6.45) is 2.10. The van der Waals surface area contributed by atoms with Crippen LogP contribution in [0.3, 0.4) is 0 Å². The Bertz CT molecular complexity index is 71.5. The second-order valence-corrected chi connectivity index (χ2v) is 1.91. The van der Waals surface area contributed by atoms with Gasteiger partial charge in [-0.3, -0.25) is 0 Å². The zero-order chi connectivity index (χ0) is 7.11. The van der Waals surface area contributed by atoms with Crippen molar-refractivity contribution >= 4 is 6.29 Å². The molecule has 0 aromatic carbocycles. The van der Waals surface area contributed by atoms with Gasteiger partial charge in [0.15, 0.2) is 0 Å². The maximum atomic E-state index is 9.83. The van der Waals surface area contributed by atoms with Gasteiger partial charge in [0.05, 0.1) is 6.61 Å². The fourth-order valence-electron chi connectivity index (χ4n) is 0.596. The van der Waals surface area contributed by atoms with Gasteiger partial charge in [0.2, 0.25) is 0 Å². The predicted molar refractivity (Wildman–Crippen MR) is 35.2 cm³/mol. The first kappa shape index (κ1) is 8.59. The van der Waals surface area contributed by atoms with Gasteiger partial charge in [-0.15, -0.1) is 0 Å². The molecule has 3 nitrogen and oxygen atoms in total. The Morgan fingerprint density at radius 3 is 2.78 bits per heavy atom. The molecule has 1 atom stereocenters. The summed E-state index contributed by atoms with van der Waals surface area (Å²) < 4.78 is 0. The van der Waals surface area contributed by atoms with Crippen molar-refractivity contribution in [1.29, 1.82) is 0 Å². The molecule has 0 aromatic rings.